The van der Waals surface area contributed by atoms with Gasteiger partial charge in [-0.15, -0.1) is 0 Å². The average molecular weight is 358 g/mol. The lowest BCUT2D eigenvalue weighted by Crippen LogP contribution is -2.21. The molecule has 0 saturated heterocycles. The third-order valence-corrected chi connectivity index (χ3v) is 3.84. The molecule has 6 heteroatoms. The van der Waals surface area contributed by atoms with E-state index in [2.05, 4.69) is 11.4 Å². The first kappa shape index (κ1) is 19.7. The van der Waals surface area contributed by atoms with E-state index in [9.17, 15) is 9.50 Å². The van der Waals surface area contributed by atoms with E-state index in [1.165, 1.54) is 12.1 Å². The first-order chi connectivity index (χ1) is 12.6. The number of benzene rings is 2. The van der Waals surface area contributed by atoms with Gasteiger partial charge in [-0.3, -0.25) is 0 Å². The van der Waals surface area contributed by atoms with Gasteiger partial charge >= 0.3 is 0 Å². The molecule has 26 heavy (non-hydrogen) atoms. The Morgan fingerprint density at radius 1 is 1.19 bits per heavy atom. The summed E-state index contributed by atoms with van der Waals surface area (Å²) >= 11 is 0. The Labute approximate surface area is 153 Å². The number of ether oxygens (including phenoxy) is 2. The number of halogens is 1. The van der Waals surface area contributed by atoms with Crippen LogP contribution in [0.1, 0.15) is 30.1 Å². The Kier molecular flexibility index (Phi) is 7.87. The summed E-state index contributed by atoms with van der Waals surface area (Å²) in [7, 11) is 1.58. The van der Waals surface area contributed by atoms with Crippen LogP contribution in [0.5, 0.6) is 11.5 Å². The topological polar surface area (TPSA) is 74.5 Å². The van der Waals surface area contributed by atoms with Gasteiger partial charge in [0, 0.05) is 19.5 Å². The normalized spacial score (nSPS) is 11.6. The van der Waals surface area contributed by atoms with Crippen molar-refractivity contribution in [3.8, 4) is 17.6 Å². The van der Waals surface area contributed by atoms with Gasteiger partial charge in [-0.25, -0.2) is 4.39 Å². The third-order valence-electron chi connectivity index (χ3n) is 3.84. The van der Waals surface area contributed by atoms with Crippen molar-refractivity contribution in [1.29, 1.82) is 5.26 Å². The van der Waals surface area contributed by atoms with Gasteiger partial charge in [-0.05, 0) is 41.8 Å². The van der Waals surface area contributed by atoms with Crippen molar-refractivity contribution in [3.05, 3.63) is 59.4 Å². The quantitative estimate of drug-likeness (QED) is 0.637. The van der Waals surface area contributed by atoms with E-state index in [-0.39, 0.29) is 5.82 Å². The number of hydrogen-bond donors (Lipinski definition) is 2. The molecular formula is C20H23FN2O3. The van der Waals surface area contributed by atoms with Gasteiger partial charge in [-0.2, -0.15) is 5.26 Å². The van der Waals surface area contributed by atoms with E-state index in [1.54, 1.807) is 19.2 Å². The largest absolute Gasteiger partial charge is 0.493 e. The third kappa shape index (κ3) is 6.03. The molecule has 0 bridgehead atoms. The van der Waals surface area contributed by atoms with Gasteiger partial charge in [0.1, 0.15) is 5.82 Å². The van der Waals surface area contributed by atoms with E-state index in [4.69, 9.17) is 14.7 Å². The highest BCUT2D eigenvalue weighted by atomic mass is 19.1. The van der Waals surface area contributed by atoms with Crippen molar-refractivity contribution >= 4 is 0 Å². The molecule has 0 aliphatic rings. The fraction of sp³-hybridized carbons (Fsp3) is 0.350. The summed E-state index contributed by atoms with van der Waals surface area (Å²) in [5, 5.41) is 21.9. The van der Waals surface area contributed by atoms with Gasteiger partial charge in [0.25, 0.3) is 0 Å². The Morgan fingerprint density at radius 2 is 1.96 bits per heavy atom. The minimum absolute atomic E-state index is 0.325. The van der Waals surface area contributed by atoms with Gasteiger partial charge in [0.2, 0.25) is 0 Å². The van der Waals surface area contributed by atoms with Gasteiger partial charge in [0.05, 0.1) is 25.9 Å². The molecule has 0 aliphatic heterocycles. The van der Waals surface area contributed by atoms with Crippen LogP contribution in [0, 0.1) is 17.1 Å². The predicted molar refractivity (Wildman–Crippen MR) is 96.4 cm³/mol. The number of aliphatic hydroxyl groups excluding tert-OH is 1. The fourth-order valence-corrected chi connectivity index (χ4v) is 2.43. The summed E-state index contributed by atoms with van der Waals surface area (Å²) in [5.74, 6) is 0.940. The molecule has 0 amide bonds. The number of hydrogen-bond acceptors (Lipinski definition) is 5. The number of aliphatic hydroxyl groups is 1. The molecule has 0 spiro atoms. The molecule has 0 fully saturated rings. The molecular weight excluding hydrogens is 335 g/mol. The van der Waals surface area contributed by atoms with Crippen molar-refractivity contribution in [1.82, 2.24) is 5.32 Å². The summed E-state index contributed by atoms with van der Waals surface area (Å²) in [5.41, 5.74) is 1.64. The van der Waals surface area contributed by atoms with Crippen LogP contribution >= 0.6 is 0 Å². The zero-order valence-corrected chi connectivity index (χ0v) is 14.7. The molecule has 0 radical (unpaired) electrons. The molecule has 0 aliphatic carbocycles. The lowest BCUT2D eigenvalue weighted by atomic mass is 10.1. The molecule has 5 nitrogen and oxygen atoms in total. The van der Waals surface area contributed by atoms with E-state index in [1.807, 2.05) is 18.2 Å². The van der Waals surface area contributed by atoms with Crippen LogP contribution in [0.15, 0.2) is 42.5 Å². The van der Waals surface area contributed by atoms with E-state index in [0.29, 0.717) is 49.6 Å². The Balaban J connectivity index is 1.88. The van der Waals surface area contributed by atoms with E-state index >= 15 is 0 Å². The minimum Gasteiger partial charge on any atom is -0.493 e. The smallest absolute Gasteiger partial charge is 0.161 e. The highest BCUT2D eigenvalue weighted by Gasteiger charge is 2.09. The highest BCUT2D eigenvalue weighted by molar-refractivity contribution is 5.43. The molecule has 1 atom stereocenters. The van der Waals surface area contributed by atoms with Crippen LogP contribution in [0.4, 0.5) is 4.39 Å². The summed E-state index contributed by atoms with van der Waals surface area (Å²) in [6.45, 7) is 1.33. The zero-order valence-electron chi connectivity index (χ0n) is 14.7. The van der Waals surface area contributed by atoms with Crippen molar-refractivity contribution in [3.63, 3.8) is 0 Å². The first-order valence-corrected chi connectivity index (χ1v) is 8.45. The fourth-order valence-electron chi connectivity index (χ4n) is 2.43. The van der Waals surface area contributed by atoms with Crippen molar-refractivity contribution < 1.29 is 19.0 Å². The Morgan fingerprint density at radius 3 is 2.65 bits per heavy atom. The van der Waals surface area contributed by atoms with Gasteiger partial charge < -0.3 is 19.9 Å². The van der Waals surface area contributed by atoms with Crippen LogP contribution < -0.4 is 14.8 Å². The average Bonchev–Trinajstić information content (AvgIpc) is 2.66. The summed E-state index contributed by atoms with van der Waals surface area (Å²) in [6.07, 6.45) is 0.396. The molecule has 2 N–H and O–H groups in total. The summed E-state index contributed by atoms with van der Waals surface area (Å²) in [6, 6.07) is 13.5. The number of nitrogens with one attached hydrogen (secondary N) is 1. The SMILES string of the molecule is COc1ccc(CNCC(O)c2ccc(F)cc2)cc1OCCCC#N. The van der Waals surface area contributed by atoms with Crippen LogP contribution in [-0.2, 0) is 6.54 Å². The second kappa shape index (κ2) is 10.4. The summed E-state index contributed by atoms with van der Waals surface area (Å²) in [4.78, 5) is 0. The second-order valence-corrected chi connectivity index (χ2v) is 5.79. The van der Waals surface area contributed by atoms with Crippen LogP contribution in [0.3, 0.4) is 0 Å². The molecule has 2 aromatic carbocycles. The van der Waals surface area contributed by atoms with Crippen LogP contribution in [-0.4, -0.2) is 25.4 Å². The maximum absolute atomic E-state index is 12.9. The minimum atomic E-state index is -0.712. The van der Waals surface area contributed by atoms with Gasteiger partial charge in [-0.1, -0.05) is 18.2 Å². The van der Waals surface area contributed by atoms with Crippen molar-refractivity contribution in [2.45, 2.75) is 25.5 Å². The lowest BCUT2D eigenvalue weighted by Gasteiger charge is -2.14. The lowest BCUT2D eigenvalue weighted by molar-refractivity contribution is 0.174. The number of rotatable bonds is 10. The number of nitriles is 1. The van der Waals surface area contributed by atoms with Crippen molar-refractivity contribution in [2.24, 2.45) is 0 Å². The summed E-state index contributed by atoms with van der Waals surface area (Å²) < 4.78 is 23.9. The Bertz CT molecular complexity index is 729. The predicted octanol–water partition coefficient (Wildman–Crippen LogP) is 3.34. The molecule has 0 heterocycles. The molecule has 0 saturated carbocycles. The number of methoxy groups -OCH3 is 1. The van der Waals surface area contributed by atoms with E-state index in [0.717, 1.165) is 5.56 Å². The maximum atomic E-state index is 12.9. The van der Waals surface area contributed by atoms with Gasteiger partial charge in [0.15, 0.2) is 11.5 Å². The van der Waals surface area contributed by atoms with Crippen molar-refractivity contribution in [2.75, 3.05) is 20.3 Å². The number of nitrogens with zero attached hydrogens (tertiary/aromatic N) is 1. The number of unbranched alkanes of at least 4 members (excludes halogenated alkanes) is 1. The standard InChI is InChI=1S/C20H23FN2O3/c1-25-19-9-4-15(12-20(19)26-11-3-2-10-22)13-23-14-18(24)16-5-7-17(21)8-6-16/h4-9,12,18,23-24H,2-3,11,13-14H2,1H3. The molecule has 0 aromatic heterocycles. The molecule has 2 rings (SSSR count). The van der Waals surface area contributed by atoms with Crippen LogP contribution in [0.2, 0.25) is 0 Å². The second-order valence-electron chi connectivity index (χ2n) is 5.79. The highest BCUT2D eigenvalue weighted by Crippen LogP contribution is 2.28. The first-order valence-electron chi connectivity index (χ1n) is 8.45. The molecule has 138 valence electrons. The monoisotopic (exact) mass is 358 g/mol. The maximum Gasteiger partial charge on any atom is 0.161 e. The Hall–Kier alpha value is -2.62. The molecule has 1 unspecified atom stereocenters. The van der Waals surface area contributed by atoms with Crippen LogP contribution in [0.25, 0.3) is 0 Å². The van der Waals surface area contributed by atoms with E-state index < -0.39 is 6.10 Å². The molecule has 2 aromatic rings. The zero-order chi connectivity index (χ0) is 18.8.